The normalized spacial score (nSPS) is 19.2. The molecular weight excluding hydrogens is 429 g/mol. The van der Waals surface area contributed by atoms with Gasteiger partial charge in [0.15, 0.2) is 6.35 Å². The van der Waals surface area contributed by atoms with Crippen molar-refractivity contribution in [3.63, 3.8) is 0 Å². The highest BCUT2D eigenvalue weighted by Crippen LogP contribution is 2.35. The second-order valence-electron chi connectivity index (χ2n) is 8.35. The second-order valence-corrected chi connectivity index (χ2v) is 9.22. The second kappa shape index (κ2) is 8.94. The molecule has 1 aromatic heterocycles. The van der Waals surface area contributed by atoms with Gasteiger partial charge in [-0.15, -0.1) is 9.24 Å². The van der Waals surface area contributed by atoms with Gasteiger partial charge in [-0.05, 0) is 50.2 Å². The van der Waals surface area contributed by atoms with Crippen LogP contribution in [-0.2, 0) is 17.9 Å². The first-order chi connectivity index (χ1) is 14.9. The molecule has 2 heterocycles. The SMILES string of the molecule is CC(=N)C(Cn1cc(N2C(=O)C(C)(C)N(Cc3ccccc3C(=O)O)C2O)cn1)=C(C)P. The standard InChI is InChI=1S/C22H28N5O4P/c1-13(23)18(14(2)32)12-25-11-16(9-24-25)27-20(30)22(3,4)26(21(27)31)10-15-7-5-6-8-17(15)19(28)29/h5-9,11,21,23,31H,10,12,32H2,1-4H3,(H,28,29). The van der Waals surface area contributed by atoms with Crippen LogP contribution in [0.5, 0.6) is 0 Å². The number of anilines is 1. The number of nitrogens with zero attached hydrogens (tertiary/aromatic N) is 4. The number of aromatic nitrogens is 2. The van der Waals surface area contributed by atoms with Crippen molar-refractivity contribution in [1.29, 1.82) is 5.41 Å². The fourth-order valence-corrected chi connectivity index (χ4v) is 4.10. The minimum Gasteiger partial charge on any atom is -0.478 e. The van der Waals surface area contributed by atoms with Crippen LogP contribution in [-0.4, -0.2) is 54.4 Å². The van der Waals surface area contributed by atoms with Gasteiger partial charge in [-0.3, -0.25) is 14.4 Å². The molecular formula is C22H28N5O4P. The predicted molar refractivity (Wildman–Crippen MR) is 125 cm³/mol. The van der Waals surface area contributed by atoms with E-state index < -0.39 is 17.9 Å². The number of hydrogen-bond donors (Lipinski definition) is 3. The van der Waals surface area contributed by atoms with Gasteiger partial charge in [-0.1, -0.05) is 18.2 Å². The average Bonchev–Trinajstić information content (AvgIpc) is 3.23. The molecule has 1 amide bonds. The molecule has 1 aliphatic heterocycles. The molecule has 1 aliphatic rings. The van der Waals surface area contributed by atoms with E-state index in [1.54, 1.807) is 54.7 Å². The quantitative estimate of drug-likeness (QED) is 0.434. The van der Waals surface area contributed by atoms with Gasteiger partial charge in [0.2, 0.25) is 5.91 Å². The summed E-state index contributed by atoms with van der Waals surface area (Å²) in [5.74, 6) is -1.38. The Labute approximate surface area is 189 Å². The van der Waals surface area contributed by atoms with Gasteiger partial charge < -0.3 is 15.6 Å². The van der Waals surface area contributed by atoms with Gasteiger partial charge in [0.05, 0.1) is 29.5 Å². The summed E-state index contributed by atoms with van der Waals surface area (Å²) in [6.45, 7) is 7.44. The molecule has 1 aromatic carbocycles. The summed E-state index contributed by atoms with van der Waals surface area (Å²) in [6.07, 6.45) is 1.86. The molecule has 1 fully saturated rings. The Morgan fingerprint density at radius 3 is 2.53 bits per heavy atom. The third-order valence-electron chi connectivity index (χ3n) is 5.70. The number of nitrogens with one attached hydrogen (secondary N) is 1. The number of allylic oxidation sites excluding steroid dienone is 2. The Morgan fingerprint density at radius 1 is 1.28 bits per heavy atom. The van der Waals surface area contributed by atoms with Crippen molar-refractivity contribution in [3.05, 3.63) is 58.7 Å². The van der Waals surface area contributed by atoms with E-state index in [1.807, 2.05) is 6.92 Å². The topological polar surface area (TPSA) is 123 Å². The summed E-state index contributed by atoms with van der Waals surface area (Å²) in [5.41, 5.74) is 1.22. The van der Waals surface area contributed by atoms with Crippen molar-refractivity contribution in [3.8, 4) is 0 Å². The lowest BCUT2D eigenvalue weighted by Gasteiger charge is -2.30. The van der Waals surface area contributed by atoms with Crippen LogP contribution in [0.25, 0.3) is 0 Å². The van der Waals surface area contributed by atoms with Gasteiger partial charge in [-0.2, -0.15) is 5.10 Å². The number of amides is 1. The minimum absolute atomic E-state index is 0.0825. The van der Waals surface area contributed by atoms with Crippen LogP contribution in [0.1, 0.15) is 43.6 Å². The summed E-state index contributed by atoms with van der Waals surface area (Å²) in [7, 11) is 2.59. The van der Waals surface area contributed by atoms with Crippen molar-refractivity contribution in [1.82, 2.24) is 14.7 Å². The number of aliphatic hydroxyl groups excluding tert-OH is 1. The zero-order chi connectivity index (χ0) is 23.8. The van der Waals surface area contributed by atoms with Gasteiger partial charge in [-0.25, -0.2) is 9.69 Å². The first-order valence-electron chi connectivity index (χ1n) is 10.1. The van der Waals surface area contributed by atoms with Gasteiger partial charge in [0, 0.05) is 18.5 Å². The minimum atomic E-state index is -1.29. The summed E-state index contributed by atoms with van der Waals surface area (Å²) < 4.78 is 1.62. The average molecular weight is 457 g/mol. The zero-order valence-corrected chi connectivity index (χ0v) is 19.7. The van der Waals surface area contributed by atoms with Gasteiger partial charge >= 0.3 is 5.97 Å². The molecule has 3 rings (SSSR count). The smallest absolute Gasteiger partial charge is 0.336 e. The van der Waals surface area contributed by atoms with E-state index in [9.17, 15) is 19.8 Å². The lowest BCUT2D eigenvalue weighted by molar-refractivity contribution is -0.123. The Kier molecular flexibility index (Phi) is 6.64. The molecule has 10 heteroatoms. The van der Waals surface area contributed by atoms with Crippen molar-refractivity contribution >= 4 is 32.5 Å². The summed E-state index contributed by atoms with van der Waals surface area (Å²) in [5, 5.41) is 33.7. The molecule has 2 aromatic rings. The van der Waals surface area contributed by atoms with Crippen LogP contribution < -0.4 is 4.90 Å². The Morgan fingerprint density at radius 2 is 1.94 bits per heavy atom. The number of benzene rings is 1. The zero-order valence-electron chi connectivity index (χ0n) is 18.5. The largest absolute Gasteiger partial charge is 0.478 e. The molecule has 0 spiro atoms. The highest BCUT2D eigenvalue weighted by atomic mass is 31.0. The van der Waals surface area contributed by atoms with E-state index >= 15 is 0 Å². The first-order valence-corrected chi connectivity index (χ1v) is 10.7. The molecule has 32 heavy (non-hydrogen) atoms. The van der Waals surface area contributed by atoms with Crippen molar-refractivity contribution in [2.45, 2.75) is 52.7 Å². The molecule has 2 unspecified atom stereocenters. The number of rotatable bonds is 7. The Bertz CT molecular complexity index is 1100. The molecule has 0 bridgehead atoms. The number of aliphatic hydroxyl groups is 1. The molecule has 2 atom stereocenters. The first kappa shape index (κ1) is 23.8. The van der Waals surface area contributed by atoms with E-state index in [-0.39, 0.29) is 18.0 Å². The van der Waals surface area contributed by atoms with Crippen LogP contribution in [0.3, 0.4) is 0 Å². The van der Waals surface area contributed by atoms with Crippen LogP contribution in [0.2, 0.25) is 0 Å². The lowest BCUT2D eigenvalue weighted by atomic mass is 10.0. The fraction of sp³-hybridized carbons (Fsp3) is 0.364. The van der Waals surface area contributed by atoms with Gasteiger partial charge in [0.25, 0.3) is 0 Å². The summed E-state index contributed by atoms with van der Waals surface area (Å²) >= 11 is 0. The fourth-order valence-electron chi connectivity index (χ4n) is 3.80. The Balaban J connectivity index is 1.90. The lowest BCUT2D eigenvalue weighted by Crippen LogP contribution is -2.45. The van der Waals surface area contributed by atoms with Crippen molar-refractivity contribution in [2.24, 2.45) is 0 Å². The van der Waals surface area contributed by atoms with Crippen LogP contribution in [0.4, 0.5) is 5.69 Å². The maximum absolute atomic E-state index is 13.2. The number of carboxylic acid groups (broad SMARTS) is 1. The third-order valence-corrected chi connectivity index (χ3v) is 6.05. The molecule has 3 N–H and O–H groups in total. The molecule has 9 nitrogen and oxygen atoms in total. The van der Waals surface area contributed by atoms with E-state index in [0.29, 0.717) is 23.5 Å². The van der Waals surface area contributed by atoms with Crippen molar-refractivity contribution < 1.29 is 19.8 Å². The van der Waals surface area contributed by atoms with E-state index in [4.69, 9.17) is 5.41 Å². The monoisotopic (exact) mass is 457 g/mol. The van der Waals surface area contributed by atoms with E-state index in [1.165, 1.54) is 17.2 Å². The number of carbonyl (C=O) groups is 2. The maximum atomic E-state index is 13.2. The predicted octanol–water partition coefficient (Wildman–Crippen LogP) is 2.67. The number of aromatic carboxylic acids is 1. The van der Waals surface area contributed by atoms with Crippen LogP contribution in [0.15, 0.2) is 47.5 Å². The van der Waals surface area contributed by atoms with Gasteiger partial charge in [0.1, 0.15) is 0 Å². The number of carbonyl (C=O) groups excluding carboxylic acids is 1. The van der Waals surface area contributed by atoms with E-state index in [0.717, 1.165) is 10.9 Å². The molecule has 0 aliphatic carbocycles. The highest BCUT2D eigenvalue weighted by Gasteiger charge is 2.52. The molecule has 1 saturated heterocycles. The number of carboxylic acids is 1. The van der Waals surface area contributed by atoms with Crippen LogP contribution in [0, 0.1) is 5.41 Å². The summed E-state index contributed by atoms with van der Waals surface area (Å²) in [4.78, 5) is 27.6. The maximum Gasteiger partial charge on any atom is 0.336 e. The molecule has 0 saturated carbocycles. The van der Waals surface area contributed by atoms with Crippen molar-refractivity contribution in [2.75, 3.05) is 4.90 Å². The third kappa shape index (κ3) is 4.37. The Hall–Kier alpha value is -2.87. The summed E-state index contributed by atoms with van der Waals surface area (Å²) in [6, 6.07) is 6.54. The van der Waals surface area contributed by atoms with E-state index in [2.05, 4.69) is 14.3 Å². The number of hydrogen-bond acceptors (Lipinski definition) is 6. The highest BCUT2D eigenvalue weighted by molar-refractivity contribution is 7.22. The van der Waals surface area contributed by atoms with Crippen LogP contribution >= 0.6 is 9.24 Å². The molecule has 0 radical (unpaired) electrons. The molecule has 170 valence electrons.